The third-order valence-electron chi connectivity index (χ3n) is 1.78. The predicted molar refractivity (Wildman–Crippen MR) is 52.5 cm³/mol. The summed E-state index contributed by atoms with van der Waals surface area (Å²) in [4.78, 5) is 10.2. The highest BCUT2D eigenvalue weighted by atomic mass is 16.4. The average Bonchev–Trinajstić information content (AvgIpc) is 2.08. The Hall–Kier alpha value is -1.57. The SMILES string of the molecule is Cc1ccccc1/C=C\CC(=O)O. The summed E-state index contributed by atoms with van der Waals surface area (Å²) in [5.74, 6) is -0.801. The third kappa shape index (κ3) is 3.11. The summed E-state index contributed by atoms with van der Waals surface area (Å²) in [7, 11) is 0. The van der Waals surface area contributed by atoms with Gasteiger partial charge in [0.25, 0.3) is 0 Å². The van der Waals surface area contributed by atoms with Gasteiger partial charge in [-0.15, -0.1) is 0 Å². The van der Waals surface area contributed by atoms with Crippen molar-refractivity contribution >= 4 is 12.0 Å². The molecule has 0 unspecified atom stereocenters. The molecule has 0 heterocycles. The minimum Gasteiger partial charge on any atom is -0.481 e. The molecule has 13 heavy (non-hydrogen) atoms. The van der Waals surface area contributed by atoms with E-state index in [0.717, 1.165) is 11.1 Å². The maximum absolute atomic E-state index is 10.2. The first kappa shape index (κ1) is 9.52. The summed E-state index contributed by atoms with van der Waals surface area (Å²) in [5, 5.41) is 8.41. The minimum absolute atomic E-state index is 0.0777. The van der Waals surface area contributed by atoms with Crippen LogP contribution in [0.3, 0.4) is 0 Å². The van der Waals surface area contributed by atoms with Gasteiger partial charge in [-0.1, -0.05) is 36.4 Å². The summed E-state index contributed by atoms with van der Waals surface area (Å²) < 4.78 is 0. The molecule has 1 aromatic carbocycles. The fraction of sp³-hybridized carbons (Fsp3) is 0.182. The van der Waals surface area contributed by atoms with Crippen molar-refractivity contribution in [1.29, 1.82) is 0 Å². The van der Waals surface area contributed by atoms with Crippen LogP contribution in [0.1, 0.15) is 17.5 Å². The van der Waals surface area contributed by atoms with Gasteiger partial charge in [-0.25, -0.2) is 0 Å². The molecule has 0 aliphatic rings. The van der Waals surface area contributed by atoms with Crippen LogP contribution in [0.4, 0.5) is 0 Å². The Bertz CT molecular complexity index is 327. The van der Waals surface area contributed by atoms with Gasteiger partial charge in [0.05, 0.1) is 6.42 Å². The molecule has 68 valence electrons. The van der Waals surface area contributed by atoms with E-state index in [0.29, 0.717) is 0 Å². The predicted octanol–water partition coefficient (Wildman–Crippen LogP) is 2.48. The van der Waals surface area contributed by atoms with Crippen LogP contribution < -0.4 is 0 Å². The molecule has 2 nitrogen and oxygen atoms in total. The van der Waals surface area contributed by atoms with Crippen molar-refractivity contribution < 1.29 is 9.90 Å². The van der Waals surface area contributed by atoms with Crippen molar-refractivity contribution in [3.8, 4) is 0 Å². The van der Waals surface area contributed by atoms with Crippen molar-refractivity contribution in [3.63, 3.8) is 0 Å². The van der Waals surface area contributed by atoms with Crippen LogP contribution in [0.5, 0.6) is 0 Å². The molecule has 1 aromatic rings. The van der Waals surface area contributed by atoms with Crippen molar-refractivity contribution in [2.75, 3.05) is 0 Å². The first-order valence-electron chi connectivity index (χ1n) is 4.14. The van der Waals surface area contributed by atoms with Crippen LogP contribution >= 0.6 is 0 Å². The Morgan fingerprint density at radius 2 is 2.15 bits per heavy atom. The average molecular weight is 176 g/mol. The number of benzene rings is 1. The van der Waals surface area contributed by atoms with E-state index < -0.39 is 5.97 Å². The summed E-state index contributed by atoms with van der Waals surface area (Å²) in [6, 6.07) is 7.87. The van der Waals surface area contributed by atoms with E-state index in [-0.39, 0.29) is 6.42 Å². The molecule has 0 saturated heterocycles. The Labute approximate surface area is 77.5 Å². The molecule has 0 fully saturated rings. The third-order valence-corrected chi connectivity index (χ3v) is 1.78. The van der Waals surface area contributed by atoms with E-state index in [9.17, 15) is 4.79 Å². The summed E-state index contributed by atoms with van der Waals surface area (Å²) in [6.07, 6.45) is 3.57. The van der Waals surface area contributed by atoms with Gasteiger partial charge in [-0.3, -0.25) is 4.79 Å². The molecular weight excluding hydrogens is 164 g/mol. The zero-order valence-corrected chi connectivity index (χ0v) is 7.53. The van der Waals surface area contributed by atoms with Gasteiger partial charge in [0, 0.05) is 0 Å². The maximum atomic E-state index is 10.2. The van der Waals surface area contributed by atoms with Gasteiger partial charge in [-0.05, 0) is 18.1 Å². The van der Waals surface area contributed by atoms with E-state index in [1.54, 1.807) is 6.08 Å². The quantitative estimate of drug-likeness (QED) is 0.768. The Morgan fingerprint density at radius 3 is 2.77 bits per heavy atom. The number of hydrogen-bond acceptors (Lipinski definition) is 1. The van der Waals surface area contributed by atoms with Crippen molar-refractivity contribution in [2.24, 2.45) is 0 Å². The van der Waals surface area contributed by atoms with Crippen molar-refractivity contribution in [3.05, 3.63) is 41.5 Å². The second-order valence-corrected chi connectivity index (χ2v) is 2.86. The largest absolute Gasteiger partial charge is 0.481 e. The van der Waals surface area contributed by atoms with Crippen LogP contribution in [-0.2, 0) is 4.79 Å². The fourth-order valence-corrected chi connectivity index (χ4v) is 1.06. The lowest BCUT2D eigenvalue weighted by atomic mass is 10.1. The number of aliphatic carboxylic acids is 1. The van der Waals surface area contributed by atoms with Crippen LogP contribution in [-0.4, -0.2) is 11.1 Å². The topological polar surface area (TPSA) is 37.3 Å². The second kappa shape index (κ2) is 4.45. The number of carboxylic acid groups (broad SMARTS) is 1. The molecular formula is C11H12O2. The molecule has 0 aliphatic heterocycles. The number of rotatable bonds is 3. The molecule has 1 rings (SSSR count). The smallest absolute Gasteiger partial charge is 0.307 e. The number of carboxylic acids is 1. The van der Waals surface area contributed by atoms with Crippen LogP contribution in [0, 0.1) is 6.92 Å². The summed E-state index contributed by atoms with van der Waals surface area (Å²) in [6.45, 7) is 2.00. The summed E-state index contributed by atoms with van der Waals surface area (Å²) in [5.41, 5.74) is 2.23. The van der Waals surface area contributed by atoms with Gasteiger partial charge in [0.1, 0.15) is 0 Å². The molecule has 0 radical (unpaired) electrons. The number of aryl methyl sites for hydroxylation is 1. The minimum atomic E-state index is -0.801. The zero-order chi connectivity index (χ0) is 9.68. The molecule has 0 atom stereocenters. The van der Waals surface area contributed by atoms with E-state index >= 15 is 0 Å². The lowest BCUT2D eigenvalue weighted by molar-refractivity contribution is -0.135. The van der Waals surface area contributed by atoms with Crippen molar-refractivity contribution in [1.82, 2.24) is 0 Å². The molecule has 0 aromatic heterocycles. The van der Waals surface area contributed by atoms with E-state index in [4.69, 9.17) is 5.11 Å². The first-order chi connectivity index (χ1) is 6.20. The monoisotopic (exact) mass is 176 g/mol. The Balaban J connectivity index is 2.68. The van der Waals surface area contributed by atoms with Crippen LogP contribution in [0.15, 0.2) is 30.3 Å². The lowest BCUT2D eigenvalue weighted by Crippen LogP contribution is -1.89. The maximum Gasteiger partial charge on any atom is 0.307 e. The first-order valence-corrected chi connectivity index (χ1v) is 4.14. The van der Waals surface area contributed by atoms with Gasteiger partial charge in [0.2, 0.25) is 0 Å². The van der Waals surface area contributed by atoms with Crippen LogP contribution in [0.2, 0.25) is 0 Å². The second-order valence-electron chi connectivity index (χ2n) is 2.86. The standard InChI is InChI=1S/C11H12O2/c1-9-5-2-3-6-10(9)7-4-8-11(12)13/h2-7H,8H2,1H3,(H,12,13)/b7-4-. The van der Waals surface area contributed by atoms with E-state index in [1.165, 1.54) is 0 Å². The number of hydrogen-bond donors (Lipinski definition) is 1. The van der Waals surface area contributed by atoms with E-state index in [1.807, 2.05) is 37.3 Å². The highest BCUT2D eigenvalue weighted by Crippen LogP contribution is 2.08. The normalized spacial score (nSPS) is 10.5. The highest BCUT2D eigenvalue weighted by Gasteiger charge is 1.92. The molecule has 0 bridgehead atoms. The van der Waals surface area contributed by atoms with Gasteiger partial charge in [-0.2, -0.15) is 0 Å². The fourth-order valence-electron chi connectivity index (χ4n) is 1.06. The van der Waals surface area contributed by atoms with Crippen LogP contribution in [0.25, 0.3) is 6.08 Å². The molecule has 2 heteroatoms. The molecule has 1 N–H and O–H groups in total. The molecule has 0 spiro atoms. The zero-order valence-electron chi connectivity index (χ0n) is 7.53. The van der Waals surface area contributed by atoms with E-state index in [2.05, 4.69) is 0 Å². The lowest BCUT2D eigenvalue weighted by Gasteiger charge is -1.97. The van der Waals surface area contributed by atoms with Gasteiger partial charge >= 0.3 is 5.97 Å². The molecule has 0 saturated carbocycles. The Kier molecular flexibility index (Phi) is 3.26. The van der Waals surface area contributed by atoms with Crippen molar-refractivity contribution in [2.45, 2.75) is 13.3 Å². The highest BCUT2D eigenvalue weighted by molar-refractivity contribution is 5.70. The summed E-state index contributed by atoms with van der Waals surface area (Å²) >= 11 is 0. The molecule has 0 aliphatic carbocycles. The van der Waals surface area contributed by atoms with Gasteiger partial charge < -0.3 is 5.11 Å². The number of carbonyl (C=O) groups is 1. The van der Waals surface area contributed by atoms with Gasteiger partial charge in [0.15, 0.2) is 0 Å². The molecule has 0 amide bonds. The Morgan fingerprint density at radius 1 is 1.46 bits per heavy atom.